The fourth-order valence-electron chi connectivity index (χ4n) is 2.27. The fraction of sp³-hybridized carbons (Fsp3) is 0.278. The Hall–Kier alpha value is -1.94. The third-order valence-corrected chi connectivity index (χ3v) is 5.40. The highest BCUT2D eigenvalue weighted by atomic mass is 31.2. The monoisotopic (exact) mass is 348 g/mol. The summed E-state index contributed by atoms with van der Waals surface area (Å²) in [6, 6.07) is 18.6. The van der Waals surface area contributed by atoms with Crippen LogP contribution in [-0.4, -0.2) is 26.3 Å². The Kier molecular flexibility index (Phi) is 6.73. The lowest BCUT2D eigenvalue weighted by Crippen LogP contribution is -2.27. The van der Waals surface area contributed by atoms with Crippen LogP contribution in [0.2, 0.25) is 0 Å². The second-order valence-corrected chi connectivity index (χ2v) is 7.36. The number of hydrogen-bond acceptors (Lipinski definition) is 5. The Labute approximate surface area is 142 Å². The van der Waals surface area contributed by atoms with E-state index in [1.807, 2.05) is 60.7 Å². The number of rotatable bonds is 8. The number of esters is 1. The van der Waals surface area contributed by atoms with Gasteiger partial charge in [0.25, 0.3) is 0 Å². The van der Waals surface area contributed by atoms with Crippen LogP contribution in [0, 0.1) is 0 Å². The molecule has 0 bridgehead atoms. The molecule has 2 aromatic rings. The van der Waals surface area contributed by atoms with Gasteiger partial charge in [-0.25, -0.2) is 4.79 Å². The lowest BCUT2D eigenvalue weighted by atomic mass is 10.1. The number of carbonyl (C=O) groups excluding carboxylic acids is 1. The first-order valence-electron chi connectivity index (χ1n) is 7.55. The van der Waals surface area contributed by atoms with Gasteiger partial charge in [-0.1, -0.05) is 60.7 Å². The molecule has 0 aliphatic carbocycles. The van der Waals surface area contributed by atoms with Gasteiger partial charge in [0, 0.05) is 13.5 Å². The summed E-state index contributed by atoms with van der Waals surface area (Å²) in [5.41, 5.74) is 1.70. The Morgan fingerprint density at radius 2 is 1.50 bits per heavy atom. The molecule has 2 rings (SSSR count). The van der Waals surface area contributed by atoms with Gasteiger partial charge < -0.3 is 9.26 Å². The standard InChI is InChI=1S/C18H21O5P/c1-21-18(19)17(13-15-9-5-3-6-10-15)23-24(20,22-2)14-16-11-7-4-8-12-16/h3-12,17H,13-14H2,1-2H3/t17-,24?/m0/s1. The van der Waals surface area contributed by atoms with Crippen molar-refractivity contribution in [3.63, 3.8) is 0 Å². The Morgan fingerprint density at radius 1 is 0.958 bits per heavy atom. The molecule has 0 saturated carbocycles. The molecular weight excluding hydrogens is 327 g/mol. The molecule has 2 aromatic carbocycles. The van der Waals surface area contributed by atoms with Crippen LogP contribution >= 0.6 is 7.60 Å². The molecule has 24 heavy (non-hydrogen) atoms. The van der Waals surface area contributed by atoms with Gasteiger partial charge in [-0.2, -0.15) is 0 Å². The summed E-state index contributed by atoms with van der Waals surface area (Å²) in [5.74, 6) is -0.579. The summed E-state index contributed by atoms with van der Waals surface area (Å²) in [6.45, 7) is 0. The zero-order chi connectivity index (χ0) is 17.4. The number of hydrogen-bond donors (Lipinski definition) is 0. The van der Waals surface area contributed by atoms with Gasteiger partial charge in [0.15, 0.2) is 6.10 Å². The SMILES string of the molecule is COC(=O)[C@H](Cc1ccccc1)OP(=O)(Cc1ccccc1)OC. The number of ether oxygens (including phenoxy) is 1. The van der Waals surface area contributed by atoms with E-state index in [1.54, 1.807) is 0 Å². The maximum Gasteiger partial charge on any atom is 0.335 e. The third-order valence-electron chi connectivity index (χ3n) is 3.51. The topological polar surface area (TPSA) is 61.8 Å². The molecule has 128 valence electrons. The first-order valence-corrected chi connectivity index (χ1v) is 9.28. The molecule has 0 amide bonds. The first-order chi connectivity index (χ1) is 11.6. The van der Waals surface area contributed by atoms with E-state index in [1.165, 1.54) is 14.2 Å². The van der Waals surface area contributed by atoms with Crippen LogP contribution in [0.4, 0.5) is 0 Å². The summed E-state index contributed by atoms with van der Waals surface area (Å²) in [7, 11) is -0.887. The van der Waals surface area contributed by atoms with Gasteiger partial charge in [-0.3, -0.25) is 9.09 Å². The van der Waals surface area contributed by atoms with Crippen LogP contribution in [0.25, 0.3) is 0 Å². The number of methoxy groups -OCH3 is 1. The summed E-state index contributed by atoms with van der Waals surface area (Å²) in [5, 5.41) is 0. The second-order valence-electron chi connectivity index (χ2n) is 5.24. The highest BCUT2D eigenvalue weighted by Gasteiger charge is 2.32. The molecule has 1 unspecified atom stereocenters. The smallest absolute Gasteiger partial charge is 0.335 e. The largest absolute Gasteiger partial charge is 0.467 e. The summed E-state index contributed by atoms with van der Waals surface area (Å²) in [6.07, 6.45) is -0.644. The first kappa shape index (κ1) is 18.4. The highest BCUT2D eigenvalue weighted by molar-refractivity contribution is 7.53. The van der Waals surface area contributed by atoms with Crippen LogP contribution in [0.3, 0.4) is 0 Å². The van der Waals surface area contributed by atoms with Gasteiger partial charge in [0.1, 0.15) is 0 Å². The summed E-state index contributed by atoms with van der Waals surface area (Å²) in [4.78, 5) is 12.0. The van der Waals surface area contributed by atoms with E-state index in [0.717, 1.165) is 11.1 Å². The van der Waals surface area contributed by atoms with Crippen molar-refractivity contribution in [1.29, 1.82) is 0 Å². The molecule has 5 nitrogen and oxygen atoms in total. The minimum Gasteiger partial charge on any atom is -0.467 e. The average molecular weight is 348 g/mol. The minimum absolute atomic E-state index is 0.0899. The lowest BCUT2D eigenvalue weighted by molar-refractivity contribution is -0.149. The van der Waals surface area contributed by atoms with Gasteiger partial charge >= 0.3 is 13.6 Å². The minimum atomic E-state index is -3.48. The third kappa shape index (κ3) is 5.31. The maximum absolute atomic E-state index is 12.9. The van der Waals surface area contributed by atoms with Crippen LogP contribution in [0.5, 0.6) is 0 Å². The molecule has 6 heteroatoms. The molecule has 2 atom stereocenters. The Bertz CT molecular complexity index is 687. The molecular formula is C18H21O5P. The average Bonchev–Trinajstić information content (AvgIpc) is 2.62. The van der Waals surface area contributed by atoms with E-state index in [9.17, 15) is 9.36 Å². The zero-order valence-corrected chi connectivity index (χ0v) is 14.6. The molecule has 0 fully saturated rings. The predicted molar refractivity (Wildman–Crippen MR) is 91.8 cm³/mol. The molecule has 0 saturated heterocycles. The molecule has 0 N–H and O–H groups in total. The van der Waals surface area contributed by atoms with Gasteiger partial charge in [0.2, 0.25) is 0 Å². The van der Waals surface area contributed by atoms with Crippen LogP contribution in [-0.2, 0) is 35.7 Å². The van der Waals surface area contributed by atoms with Crippen LogP contribution in [0.1, 0.15) is 11.1 Å². The highest BCUT2D eigenvalue weighted by Crippen LogP contribution is 2.52. The number of benzene rings is 2. The maximum atomic E-state index is 12.9. The second kappa shape index (κ2) is 8.78. The summed E-state index contributed by atoms with van der Waals surface area (Å²) < 4.78 is 28.4. The zero-order valence-electron chi connectivity index (χ0n) is 13.8. The Balaban J connectivity index is 2.16. The molecule has 0 heterocycles. The van der Waals surface area contributed by atoms with E-state index in [-0.39, 0.29) is 12.6 Å². The van der Waals surface area contributed by atoms with Crippen molar-refractivity contribution in [3.05, 3.63) is 71.8 Å². The van der Waals surface area contributed by atoms with Gasteiger partial charge in [-0.15, -0.1) is 0 Å². The summed E-state index contributed by atoms with van der Waals surface area (Å²) >= 11 is 0. The van der Waals surface area contributed by atoms with Crippen molar-refractivity contribution in [1.82, 2.24) is 0 Å². The molecule has 0 radical (unpaired) electrons. The predicted octanol–water partition coefficient (Wildman–Crippen LogP) is 3.83. The van der Waals surface area contributed by atoms with Crippen molar-refractivity contribution >= 4 is 13.6 Å². The molecule has 0 spiro atoms. The Morgan fingerprint density at radius 3 is 2.00 bits per heavy atom. The quantitative estimate of drug-likeness (QED) is 0.536. The van der Waals surface area contributed by atoms with Crippen molar-refractivity contribution in [3.8, 4) is 0 Å². The van der Waals surface area contributed by atoms with E-state index >= 15 is 0 Å². The van der Waals surface area contributed by atoms with E-state index in [0.29, 0.717) is 0 Å². The van der Waals surface area contributed by atoms with Gasteiger partial charge in [-0.05, 0) is 11.1 Å². The van der Waals surface area contributed by atoms with E-state index < -0.39 is 19.7 Å². The molecule has 0 aliphatic rings. The number of carbonyl (C=O) groups is 1. The van der Waals surface area contributed by atoms with E-state index in [4.69, 9.17) is 13.8 Å². The van der Waals surface area contributed by atoms with Crippen molar-refractivity contribution in [2.24, 2.45) is 0 Å². The van der Waals surface area contributed by atoms with Crippen LogP contribution in [0.15, 0.2) is 60.7 Å². The molecule has 0 aliphatic heterocycles. The van der Waals surface area contributed by atoms with Crippen LogP contribution < -0.4 is 0 Å². The normalized spacial score (nSPS) is 14.6. The lowest BCUT2D eigenvalue weighted by Gasteiger charge is -2.22. The fourth-order valence-corrected chi connectivity index (χ4v) is 3.77. The molecule has 0 aromatic heterocycles. The van der Waals surface area contributed by atoms with Gasteiger partial charge in [0.05, 0.1) is 13.3 Å². The van der Waals surface area contributed by atoms with Crippen molar-refractivity contribution in [2.45, 2.75) is 18.7 Å². The van der Waals surface area contributed by atoms with Crippen molar-refractivity contribution in [2.75, 3.05) is 14.2 Å². The van der Waals surface area contributed by atoms with E-state index in [2.05, 4.69) is 0 Å². The van der Waals surface area contributed by atoms with Crippen molar-refractivity contribution < 1.29 is 23.1 Å².